The van der Waals surface area contributed by atoms with Crippen molar-refractivity contribution in [1.29, 1.82) is 0 Å². The fourth-order valence-corrected chi connectivity index (χ4v) is 2.47. The summed E-state index contributed by atoms with van der Waals surface area (Å²) < 4.78 is 37.8. The monoisotopic (exact) mass is 386 g/mol. The van der Waals surface area contributed by atoms with Gasteiger partial charge in [-0.15, -0.1) is 0 Å². The molecule has 1 amide bonds. The highest BCUT2D eigenvalue weighted by molar-refractivity contribution is 6.03. The largest absolute Gasteiger partial charge is 0.416 e. The van der Waals surface area contributed by atoms with E-state index in [9.17, 15) is 18.0 Å². The van der Waals surface area contributed by atoms with Crippen molar-refractivity contribution in [3.05, 3.63) is 77.2 Å². The average Bonchev–Trinajstić information content (AvgIpc) is 2.66. The quantitative estimate of drug-likeness (QED) is 0.654. The first-order valence-corrected chi connectivity index (χ1v) is 8.38. The normalized spacial score (nSPS) is 11.2. The first-order valence-electron chi connectivity index (χ1n) is 8.38. The number of amides is 1. The summed E-state index contributed by atoms with van der Waals surface area (Å²) in [5.41, 5.74) is 2.53. The van der Waals surface area contributed by atoms with Gasteiger partial charge in [-0.3, -0.25) is 4.79 Å². The van der Waals surface area contributed by atoms with Crippen LogP contribution in [0.1, 0.15) is 27.2 Å². The first-order chi connectivity index (χ1) is 13.2. The Morgan fingerprint density at radius 1 is 0.964 bits per heavy atom. The zero-order valence-corrected chi connectivity index (χ0v) is 15.1. The van der Waals surface area contributed by atoms with Crippen molar-refractivity contribution >= 4 is 23.1 Å². The van der Waals surface area contributed by atoms with Crippen LogP contribution in [0, 0.1) is 13.8 Å². The molecule has 0 saturated heterocycles. The van der Waals surface area contributed by atoms with Crippen LogP contribution >= 0.6 is 0 Å². The number of nitrogens with zero attached hydrogens (tertiary/aromatic N) is 2. The molecule has 0 aliphatic rings. The Balaban J connectivity index is 1.67. The summed E-state index contributed by atoms with van der Waals surface area (Å²) in [5.74, 6) is -0.0923. The second kappa shape index (κ2) is 7.67. The van der Waals surface area contributed by atoms with Crippen molar-refractivity contribution in [3.8, 4) is 0 Å². The lowest BCUT2D eigenvalue weighted by Gasteiger charge is -2.11. The van der Waals surface area contributed by atoms with E-state index < -0.39 is 17.6 Å². The highest BCUT2D eigenvalue weighted by Crippen LogP contribution is 2.30. The van der Waals surface area contributed by atoms with Crippen molar-refractivity contribution in [1.82, 2.24) is 9.97 Å². The number of hydrogen-bond donors (Lipinski definition) is 2. The molecule has 3 rings (SSSR count). The average molecular weight is 386 g/mol. The molecule has 0 bridgehead atoms. The summed E-state index contributed by atoms with van der Waals surface area (Å²) >= 11 is 0. The van der Waals surface area contributed by atoms with Crippen LogP contribution in [0.3, 0.4) is 0 Å². The van der Waals surface area contributed by atoms with Gasteiger partial charge in [-0.2, -0.15) is 13.2 Å². The van der Waals surface area contributed by atoms with Crippen molar-refractivity contribution in [3.63, 3.8) is 0 Å². The molecule has 28 heavy (non-hydrogen) atoms. The third-order valence-corrected chi connectivity index (χ3v) is 4.22. The maximum Gasteiger partial charge on any atom is 0.416 e. The molecule has 0 unspecified atom stereocenters. The van der Waals surface area contributed by atoms with Gasteiger partial charge in [0.2, 0.25) is 0 Å². The maximum absolute atomic E-state index is 12.6. The van der Waals surface area contributed by atoms with Gasteiger partial charge in [-0.25, -0.2) is 9.97 Å². The van der Waals surface area contributed by atoms with Gasteiger partial charge in [-0.1, -0.05) is 12.1 Å². The number of hydrogen-bond acceptors (Lipinski definition) is 4. The van der Waals surface area contributed by atoms with Crippen molar-refractivity contribution < 1.29 is 18.0 Å². The second-order valence-corrected chi connectivity index (χ2v) is 6.19. The molecule has 0 spiro atoms. The number of benzene rings is 2. The lowest BCUT2D eigenvalue weighted by Crippen LogP contribution is -2.15. The number of aromatic nitrogens is 2. The molecule has 2 aromatic carbocycles. The zero-order valence-electron chi connectivity index (χ0n) is 15.1. The van der Waals surface area contributed by atoms with Gasteiger partial charge in [0.1, 0.15) is 11.5 Å². The molecule has 5 nitrogen and oxygen atoms in total. The molecule has 0 aliphatic heterocycles. The van der Waals surface area contributed by atoms with Crippen LogP contribution in [-0.2, 0) is 6.18 Å². The standard InChI is InChI=1S/C20H17F3N4O/c1-12-4-3-5-16(13(12)2)27-19(28)17-10-25-18(11-24-17)26-15-8-6-14(7-9-15)20(21,22)23/h3-11H,1-2H3,(H,25,26)(H,27,28). The molecule has 8 heteroatoms. The van der Waals surface area contributed by atoms with E-state index in [1.54, 1.807) is 6.07 Å². The van der Waals surface area contributed by atoms with Gasteiger partial charge in [-0.05, 0) is 55.3 Å². The Kier molecular flexibility index (Phi) is 5.30. The van der Waals surface area contributed by atoms with E-state index in [2.05, 4.69) is 20.6 Å². The highest BCUT2D eigenvalue weighted by atomic mass is 19.4. The lowest BCUT2D eigenvalue weighted by atomic mass is 10.1. The number of carbonyl (C=O) groups is 1. The number of halogens is 3. The van der Waals surface area contributed by atoms with Crippen LogP contribution in [0.15, 0.2) is 54.9 Å². The SMILES string of the molecule is Cc1cccc(NC(=O)c2cnc(Nc3ccc(C(F)(F)F)cc3)cn2)c1C. The Hall–Kier alpha value is -3.42. The summed E-state index contributed by atoms with van der Waals surface area (Å²) in [6.07, 6.45) is -1.74. The molecule has 0 radical (unpaired) electrons. The van der Waals surface area contributed by atoms with E-state index in [-0.39, 0.29) is 5.69 Å². The minimum atomic E-state index is -4.39. The van der Waals surface area contributed by atoms with E-state index in [0.717, 1.165) is 23.3 Å². The second-order valence-electron chi connectivity index (χ2n) is 6.19. The summed E-state index contributed by atoms with van der Waals surface area (Å²) in [6, 6.07) is 10.1. The van der Waals surface area contributed by atoms with E-state index in [4.69, 9.17) is 0 Å². The molecule has 0 fully saturated rings. The van der Waals surface area contributed by atoms with Crippen molar-refractivity contribution in [2.45, 2.75) is 20.0 Å². The van der Waals surface area contributed by atoms with Crippen LogP contribution in [0.2, 0.25) is 0 Å². The first kappa shape index (κ1) is 19.3. The smallest absolute Gasteiger partial charge is 0.339 e. The summed E-state index contributed by atoms with van der Waals surface area (Å²) in [4.78, 5) is 20.5. The Morgan fingerprint density at radius 2 is 1.68 bits per heavy atom. The fourth-order valence-electron chi connectivity index (χ4n) is 2.47. The number of nitrogens with one attached hydrogen (secondary N) is 2. The molecule has 1 aromatic heterocycles. The molecule has 3 aromatic rings. The Morgan fingerprint density at radius 3 is 2.29 bits per heavy atom. The molecule has 0 saturated carbocycles. The van der Waals surface area contributed by atoms with E-state index >= 15 is 0 Å². The number of alkyl halides is 3. The van der Waals surface area contributed by atoms with Crippen molar-refractivity contribution in [2.24, 2.45) is 0 Å². The zero-order chi connectivity index (χ0) is 20.3. The van der Waals surface area contributed by atoms with Crippen LogP contribution in [0.5, 0.6) is 0 Å². The molecular weight excluding hydrogens is 369 g/mol. The van der Waals surface area contributed by atoms with E-state index in [0.29, 0.717) is 17.2 Å². The Bertz CT molecular complexity index is 984. The minimum Gasteiger partial charge on any atom is -0.339 e. The summed E-state index contributed by atoms with van der Waals surface area (Å²) in [6.45, 7) is 3.86. The number of anilines is 3. The van der Waals surface area contributed by atoms with Gasteiger partial charge in [0.15, 0.2) is 0 Å². The van der Waals surface area contributed by atoms with Gasteiger partial charge in [0, 0.05) is 11.4 Å². The molecule has 144 valence electrons. The predicted molar refractivity (Wildman–Crippen MR) is 101 cm³/mol. The van der Waals surface area contributed by atoms with Crippen LogP contribution in [-0.4, -0.2) is 15.9 Å². The van der Waals surface area contributed by atoms with Crippen LogP contribution < -0.4 is 10.6 Å². The molecule has 1 heterocycles. The molecule has 0 atom stereocenters. The topological polar surface area (TPSA) is 66.9 Å². The molecular formula is C20H17F3N4O. The van der Waals surface area contributed by atoms with E-state index in [1.807, 2.05) is 26.0 Å². The van der Waals surface area contributed by atoms with Gasteiger partial charge in [0.05, 0.1) is 18.0 Å². The molecule has 0 aliphatic carbocycles. The lowest BCUT2D eigenvalue weighted by molar-refractivity contribution is -0.137. The van der Waals surface area contributed by atoms with Crippen LogP contribution in [0.4, 0.5) is 30.4 Å². The van der Waals surface area contributed by atoms with E-state index in [1.165, 1.54) is 24.5 Å². The highest BCUT2D eigenvalue weighted by Gasteiger charge is 2.29. The van der Waals surface area contributed by atoms with Gasteiger partial charge >= 0.3 is 6.18 Å². The third kappa shape index (κ3) is 4.46. The van der Waals surface area contributed by atoms with Gasteiger partial charge < -0.3 is 10.6 Å². The molecule has 2 N–H and O–H groups in total. The third-order valence-electron chi connectivity index (χ3n) is 4.22. The number of carbonyl (C=O) groups excluding carboxylic acids is 1. The van der Waals surface area contributed by atoms with Gasteiger partial charge in [0.25, 0.3) is 5.91 Å². The number of aryl methyl sites for hydroxylation is 1. The van der Waals surface area contributed by atoms with Crippen molar-refractivity contribution in [2.75, 3.05) is 10.6 Å². The Labute approximate surface area is 159 Å². The van der Waals surface area contributed by atoms with Crippen LogP contribution in [0.25, 0.3) is 0 Å². The minimum absolute atomic E-state index is 0.124. The number of rotatable bonds is 4. The summed E-state index contributed by atoms with van der Waals surface area (Å²) in [5, 5.41) is 5.63. The summed E-state index contributed by atoms with van der Waals surface area (Å²) in [7, 11) is 0. The predicted octanol–water partition coefficient (Wildman–Crippen LogP) is 5.11. The fraction of sp³-hybridized carbons (Fsp3) is 0.150. The maximum atomic E-state index is 12.6.